The molecular weight excluding hydrogens is 246 g/mol. The zero-order valence-corrected chi connectivity index (χ0v) is 12.5. The van der Waals surface area contributed by atoms with Crippen LogP contribution in [-0.2, 0) is 6.42 Å². The van der Waals surface area contributed by atoms with Gasteiger partial charge in [-0.05, 0) is 35.1 Å². The summed E-state index contributed by atoms with van der Waals surface area (Å²) in [6.07, 6.45) is 0.783. The van der Waals surface area contributed by atoms with Crippen molar-refractivity contribution in [1.82, 2.24) is 0 Å². The van der Waals surface area contributed by atoms with Gasteiger partial charge in [0.2, 0.25) is 0 Å². The standard InChI is InChI=1S/C18H23NO/c1-13(2)14-8-10-15(11-9-14)17(19)12-16-6-4-5-7-18(16)20-3/h4-11,13,17H,12,19H2,1-3H3. The highest BCUT2D eigenvalue weighted by Gasteiger charge is 2.10. The molecule has 2 aromatic rings. The topological polar surface area (TPSA) is 35.2 Å². The first-order valence-electron chi connectivity index (χ1n) is 7.09. The van der Waals surface area contributed by atoms with Gasteiger partial charge < -0.3 is 10.5 Å². The van der Waals surface area contributed by atoms with E-state index in [1.54, 1.807) is 7.11 Å². The number of hydrogen-bond donors (Lipinski definition) is 1. The summed E-state index contributed by atoms with van der Waals surface area (Å²) in [7, 11) is 1.70. The van der Waals surface area contributed by atoms with Gasteiger partial charge in [0, 0.05) is 6.04 Å². The first-order chi connectivity index (χ1) is 9.61. The number of para-hydroxylation sites is 1. The minimum absolute atomic E-state index is 0.00693. The lowest BCUT2D eigenvalue weighted by atomic mass is 9.96. The Balaban J connectivity index is 2.13. The van der Waals surface area contributed by atoms with Crippen LogP contribution in [0.1, 0.15) is 42.5 Å². The fraction of sp³-hybridized carbons (Fsp3) is 0.333. The average molecular weight is 269 g/mol. The van der Waals surface area contributed by atoms with Crippen molar-refractivity contribution in [1.29, 1.82) is 0 Å². The number of ether oxygens (including phenoxy) is 1. The second kappa shape index (κ2) is 6.58. The van der Waals surface area contributed by atoms with E-state index in [0.717, 1.165) is 17.7 Å². The summed E-state index contributed by atoms with van der Waals surface area (Å²) in [5.74, 6) is 1.45. The van der Waals surface area contributed by atoms with Crippen LogP contribution < -0.4 is 10.5 Å². The molecule has 0 aliphatic heterocycles. The van der Waals surface area contributed by atoms with Gasteiger partial charge in [0.15, 0.2) is 0 Å². The van der Waals surface area contributed by atoms with Crippen molar-refractivity contribution in [3.8, 4) is 5.75 Å². The van der Waals surface area contributed by atoms with Crippen LogP contribution in [-0.4, -0.2) is 7.11 Å². The Kier molecular flexibility index (Phi) is 4.80. The van der Waals surface area contributed by atoms with E-state index in [2.05, 4.69) is 44.2 Å². The van der Waals surface area contributed by atoms with Crippen molar-refractivity contribution < 1.29 is 4.74 Å². The maximum Gasteiger partial charge on any atom is 0.122 e. The maximum absolute atomic E-state index is 6.32. The smallest absolute Gasteiger partial charge is 0.122 e. The van der Waals surface area contributed by atoms with Gasteiger partial charge in [-0.25, -0.2) is 0 Å². The summed E-state index contributed by atoms with van der Waals surface area (Å²) in [4.78, 5) is 0. The Bertz CT molecular complexity index is 546. The van der Waals surface area contributed by atoms with E-state index in [-0.39, 0.29) is 6.04 Å². The van der Waals surface area contributed by atoms with Crippen molar-refractivity contribution in [3.63, 3.8) is 0 Å². The number of methoxy groups -OCH3 is 1. The maximum atomic E-state index is 6.32. The van der Waals surface area contributed by atoms with Crippen molar-refractivity contribution in [2.75, 3.05) is 7.11 Å². The molecule has 0 radical (unpaired) electrons. The molecule has 0 saturated carbocycles. The van der Waals surface area contributed by atoms with Crippen LogP contribution >= 0.6 is 0 Å². The molecule has 0 heterocycles. The summed E-state index contributed by atoms with van der Waals surface area (Å²) < 4.78 is 5.38. The van der Waals surface area contributed by atoms with Crippen LogP contribution in [0.5, 0.6) is 5.75 Å². The van der Waals surface area contributed by atoms with Crippen molar-refractivity contribution in [3.05, 3.63) is 65.2 Å². The Morgan fingerprint density at radius 2 is 1.55 bits per heavy atom. The van der Waals surface area contributed by atoms with Crippen molar-refractivity contribution in [2.24, 2.45) is 5.73 Å². The molecule has 0 aliphatic carbocycles. The zero-order valence-electron chi connectivity index (χ0n) is 12.5. The van der Waals surface area contributed by atoms with E-state index in [9.17, 15) is 0 Å². The molecular formula is C18H23NO. The lowest BCUT2D eigenvalue weighted by Gasteiger charge is -2.15. The van der Waals surface area contributed by atoms with Gasteiger partial charge in [0.05, 0.1) is 7.11 Å². The van der Waals surface area contributed by atoms with E-state index >= 15 is 0 Å². The highest BCUT2D eigenvalue weighted by atomic mass is 16.5. The Morgan fingerprint density at radius 1 is 0.950 bits per heavy atom. The molecule has 0 saturated heterocycles. The molecule has 106 valence electrons. The molecule has 2 rings (SSSR count). The number of hydrogen-bond acceptors (Lipinski definition) is 2. The highest BCUT2D eigenvalue weighted by Crippen LogP contribution is 2.24. The van der Waals surface area contributed by atoms with Gasteiger partial charge in [0.1, 0.15) is 5.75 Å². The third kappa shape index (κ3) is 3.40. The summed E-state index contributed by atoms with van der Waals surface area (Å²) >= 11 is 0. The predicted molar refractivity (Wildman–Crippen MR) is 84.2 cm³/mol. The normalized spacial score (nSPS) is 12.4. The van der Waals surface area contributed by atoms with Crippen LogP contribution in [0.15, 0.2) is 48.5 Å². The quantitative estimate of drug-likeness (QED) is 0.888. The molecule has 0 aliphatic rings. The molecule has 1 unspecified atom stereocenters. The Morgan fingerprint density at radius 3 is 2.15 bits per heavy atom. The fourth-order valence-electron chi connectivity index (χ4n) is 2.35. The molecule has 2 heteroatoms. The minimum Gasteiger partial charge on any atom is -0.496 e. The SMILES string of the molecule is COc1ccccc1CC(N)c1ccc(C(C)C)cc1. The molecule has 2 N–H and O–H groups in total. The van der Waals surface area contributed by atoms with Gasteiger partial charge in [-0.3, -0.25) is 0 Å². The largest absolute Gasteiger partial charge is 0.496 e. The third-order valence-electron chi connectivity index (χ3n) is 3.66. The van der Waals surface area contributed by atoms with Gasteiger partial charge in [-0.2, -0.15) is 0 Å². The van der Waals surface area contributed by atoms with Crippen LogP contribution in [0.4, 0.5) is 0 Å². The molecule has 0 spiro atoms. The van der Waals surface area contributed by atoms with E-state index in [0.29, 0.717) is 5.92 Å². The van der Waals surface area contributed by atoms with Crippen LogP contribution in [0.3, 0.4) is 0 Å². The second-order valence-electron chi connectivity index (χ2n) is 5.44. The van der Waals surface area contributed by atoms with Gasteiger partial charge in [0.25, 0.3) is 0 Å². The third-order valence-corrected chi connectivity index (χ3v) is 3.66. The van der Waals surface area contributed by atoms with Crippen molar-refractivity contribution in [2.45, 2.75) is 32.2 Å². The molecule has 0 amide bonds. The Labute approximate surface area is 121 Å². The second-order valence-corrected chi connectivity index (χ2v) is 5.44. The molecule has 0 aromatic heterocycles. The van der Waals surface area contributed by atoms with E-state index in [1.165, 1.54) is 11.1 Å². The van der Waals surface area contributed by atoms with Crippen molar-refractivity contribution >= 4 is 0 Å². The van der Waals surface area contributed by atoms with E-state index in [4.69, 9.17) is 10.5 Å². The molecule has 1 atom stereocenters. The summed E-state index contributed by atoms with van der Waals surface area (Å²) in [6, 6.07) is 16.6. The number of benzene rings is 2. The van der Waals surface area contributed by atoms with Gasteiger partial charge in [-0.15, -0.1) is 0 Å². The highest BCUT2D eigenvalue weighted by molar-refractivity contribution is 5.35. The van der Waals surface area contributed by atoms with Crippen LogP contribution in [0.2, 0.25) is 0 Å². The minimum atomic E-state index is -0.00693. The molecule has 2 nitrogen and oxygen atoms in total. The molecule has 20 heavy (non-hydrogen) atoms. The molecule has 0 bridgehead atoms. The lowest BCUT2D eigenvalue weighted by Crippen LogP contribution is -2.14. The fourth-order valence-corrected chi connectivity index (χ4v) is 2.35. The summed E-state index contributed by atoms with van der Waals surface area (Å²) in [5, 5.41) is 0. The first-order valence-corrected chi connectivity index (χ1v) is 7.09. The summed E-state index contributed by atoms with van der Waals surface area (Å²) in [5.41, 5.74) is 9.98. The first kappa shape index (κ1) is 14.6. The lowest BCUT2D eigenvalue weighted by molar-refractivity contribution is 0.408. The van der Waals surface area contributed by atoms with Crippen LogP contribution in [0, 0.1) is 0 Å². The monoisotopic (exact) mass is 269 g/mol. The number of nitrogens with two attached hydrogens (primary N) is 1. The predicted octanol–water partition coefficient (Wildman–Crippen LogP) is 4.06. The molecule has 2 aromatic carbocycles. The van der Waals surface area contributed by atoms with E-state index in [1.807, 2.05) is 18.2 Å². The summed E-state index contributed by atoms with van der Waals surface area (Å²) in [6.45, 7) is 4.40. The van der Waals surface area contributed by atoms with Gasteiger partial charge >= 0.3 is 0 Å². The van der Waals surface area contributed by atoms with Crippen LogP contribution in [0.25, 0.3) is 0 Å². The Hall–Kier alpha value is -1.80. The van der Waals surface area contributed by atoms with E-state index < -0.39 is 0 Å². The number of rotatable bonds is 5. The average Bonchev–Trinajstić information content (AvgIpc) is 2.48. The van der Waals surface area contributed by atoms with Gasteiger partial charge in [-0.1, -0.05) is 56.3 Å². The zero-order chi connectivity index (χ0) is 14.5. The molecule has 0 fully saturated rings.